The van der Waals surface area contributed by atoms with Gasteiger partial charge in [0.25, 0.3) is 0 Å². The fourth-order valence-corrected chi connectivity index (χ4v) is 2.43. The molecule has 0 aliphatic rings. The van der Waals surface area contributed by atoms with Crippen LogP contribution in [-0.4, -0.2) is 10.8 Å². The maximum absolute atomic E-state index is 13.1. The first-order chi connectivity index (χ1) is 9.56. The molecule has 0 atom stereocenters. The molecule has 0 saturated heterocycles. The predicted octanol–water partition coefficient (Wildman–Crippen LogP) is 4.84. The predicted molar refractivity (Wildman–Crippen MR) is 78.2 cm³/mol. The van der Waals surface area contributed by atoms with E-state index in [1.165, 1.54) is 18.2 Å². The molecular weight excluding hydrogens is 300 g/mol. The van der Waals surface area contributed by atoms with E-state index in [0.29, 0.717) is 16.1 Å². The summed E-state index contributed by atoms with van der Waals surface area (Å²) in [5.41, 5.74) is 1.61. The highest BCUT2D eigenvalue weighted by molar-refractivity contribution is 6.32. The highest BCUT2D eigenvalue weighted by Crippen LogP contribution is 2.25. The minimum atomic E-state index is -0.547. The second kappa shape index (κ2) is 4.93. The van der Waals surface area contributed by atoms with Gasteiger partial charge >= 0.3 is 0 Å². The number of rotatable bonds is 2. The van der Waals surface area contributed by atoms with Crippen LogP contribution in [0.1, 0.15) is 15.9 Å². The van der Waals surface area contributed by atoms with Crippen molar-refractivity contribution in [2.45, 2.75) is 0 Å². The average Bonchev–Trinajstić information content (AvgIpc) is 2.84. The molecule has 3 aromatic rings. The molecular formula is C15H8Cl2FNO. The summed E-state index contributed by atoms with van der Waals surface area (Å²) >= 11 is 11.6. The summed E-state index contributed by atoms with van der Waals surface area (Å²) in [5.74, 6) is -0.769. The molecule has 5 heteroatoms. The number of carbonyl (C=O) groups excluding carboxylic acids is 1. The molecule has 0 amide bonds. The van der Waals surface area contributed by atoms with Crippen molar-refractivity contribution in [2.24, 2.45) is 0 Å². The third-order valence-corrected chi connectivity index (χ3v) is 3.59. The van der Waals surface area contributed by atoms with Crippen LogP contribution in [0.15, 0.2) is 42.6 Å². The standard InChI is InChI=1S/C15H8Cl2FNO/c16-9-2-3-10-11(7-19-14(10)6-9)15(20)8-1-4-13(18)12(17)5-8/h1-7,19H. The lowest BCUT2D eigenvalue weighted by atomic mass is 10.0. The van der Waals surface area contributed by atoms with Gasteiger partial charge in [-0.25, -0.2) is 4.39 Å². The average molecular weight is 308 g/mol. The van der Waals surface area contributed by atoms with Crippen molar-refractivity contribution < 1.29 is 9.18 Å². The molecule has 1 N–H and O–H groups in total. The van der Waals surface area contributed by atoms with Gasteiger partial charge in [0, 0.05) is 33.2 Å². The molecule has 0 unspecified atom stereocenters. The van der Waals surface area contributed by atoms with E-state index in [-0.39, 0.29) is 10.8 Å². The van der Waals surface area contributed by atoms with E-state index in [9.17, 15) is 9.18 Å². The Morgan fingerprint density at radius 3 is 2.65 bits per heavy atom. The first-order valence-corrected chi connectivity index (χ1v) is 6.58. The molecule has 1 aromatic heterocycles. The summed E-state index contributed by atoms with van der Waals surface area (Å²) in [6.45, 7) is 0. The first kappa shape index (κ1) is 13.2. The fraction of sp³-hybridized carbons (Fsp3) is 0. The van der Waals surface area contributed by atoms with Gasteiger partial charge in [-0.2, -0.15) is 0 Å². The van der Waals surface area contributed by atoms with Crippen LogP contribution in [0.2, 0.25) is 10.0 Å². The Morgan fingerprint density at radius 2 is 1.90 bits per heavy atom. The number of H-pyrrole nitrogens is 1. The number of nitrogens with one attached hydrogen (secondary N) is 1. The normalized spacial score (nSPS) is 10.9. The van der Waals surface area contributed by atoms with Crippen LogP contribution in [-0.2, 0) is 0 Å². The zero-order chi connectivity index (χ0) is 14.3. The van der Waals surface area contributed by atoms with Crippen molar-refractivity contribution in [1.82, 2.24) is 4.98 Å². The van der Waals surface area contributed by atoms with Crippen LogP contribution < -0.4 is 0 Å². The first-order valence-electron chi connectivity index (χ1n) is 5.82. The minimum absolute atomic E-state index is 0.0706. The van der Waals surface area contributed by atoms with Gasteiger partial charge in [-0.3, -0.25) is 4.79 Å². The Hall–Kier alpha value is -1.84. The van der Waals surface area contributed by atoms with Crippen molar-refractivity contribution in [3.63, 3.8) is 0 Å². The number of carbonyl (C=O) groups is 1. The number of ketones is 1. The third kappa shape index (κ3) is 2.19. The summed E-state index contributed by atoms with van der Waals surface area (Å²) in [6, 6.07) is 9.15. The highest BCUT2D eigenvalue weighted by atomic mass is 35.5. The second-order valence-corrected chi connectivity index (χ2v) is 5.19. The van der Waals surface area contributed by atoms with E-state index in [1.807, 2.05) is 0 Å². The highest BCUT2D eigenvalue weighted by Gasteiger charge is 2.15. The Labute approximate surface area is 124 Å². The zero-order valence-electron chi connectivity index (χ0n) is 10.1. The van der Waals surface area contributed by atoms with E-state index in [2.05, 4.69) is 4.98 Å². The number of halogens is 3. The Kier molecular flexibility index (Phi) is 3.24. The molecule has 0 spiro atoms. The van der Waals surface area contributed by atoms with Crippen LogP contribution in [0, 0.1) is 5.82 Å². The van der Waals surface area contributed by atoms with Crippen LogP contribution in [0.25, 0.3) is 10.9 Å². The summed E-state index contributed by atoms with van der Waals surface area (Å²) in [7, 11) is 0. The number of aromatic amines is 1. The lowest BCUT2D eigenvalue weighted by Crippen LogP contribution is -2.00. The molecule has 3 rings (SSSR count). The lowest BCUT2D eigenvalue weighted by Gasteiger charge is -2.01. The van der Waals surface area contributed by atoms with Crippen molar-refractivity contribution in [1.29, 1.82) is 0 Å². The molecule has 0 bridgehead atoms. The second-order valence-electron chi connectivity index (χ2n) is 4.35. The molecule has 0 saturated carbocycles. The third-order valence-electron chi connectivity index (χ3n) is 3.07. The van der Waals surface area contributed by atoms with Crippen LogP contribution in [0.4, 0.5) is 4.39 Å². The van der Waals surface area contributed by atoms with Gasteiger partial charge in [-0.1, -0.05) is 29.3 Å². The molecule has 0 radical (unpaired) electrons. The van der Waals surface area contributed by atoms with Gasteiger partial charge in [-0.05, 0) is 30.3 Å². The van der Waals surface area contributed by atoms with E-state index >= 15 is 0 Å². The SMILES string of the molecule is O=C(c1ccc(F)c(Cl)c1)c1c[nH]c2cc(Cl)ccc12. The number of fused-ring (bicyclic) bond motifs is 1. The van der Waals surface area contributed by atoms with E-state index < -0.39 is 5.82 Å². The van der Waals surface area contributed by atoms with E-state index in [4.69, 9.17) is 23.2 Å². The van der Waals surface area contributed by atoms with Gasteiger partial charge in [-0.15, -0.1) is 0 Å². The van der Waals surface area contributed by atoms with Crippen LogP contribution >= 0.6 is 23.2 Å². The van der Waals surface area contributed by atoms with Crippen molar-refractivity contribution in [3.8, 4) is 0 Å². The minimum Gasteiger partial charge on any atom is -0.360 e. The molecule has 1 heterocycles. The molecule has 0 fully saturated rings. The topological polar surface area (TPSA) is 32.9 Å². The van der Waals surface area contributed by atoms with E-state index in [0.717, 1.165) is 10.9 Å². The van der Waals surface area contributed by atoms with Crippen molar-refractivity contribution >= 4 is 39.9 Å². The lowest BCUT2D eigenvalue weighted by molar-refractivity contribution is 0.104. The zero-order valence-corrected chi connectivity index (χ0v) is 11.6. The quantitative estimate of drug-likeness (QED) is 0.675. The monoisotopic (exact) mass is 307 g/mol. The fourth-order valence-electron chi connectivity index (χ4n) is 2.08. The Morgan fingerprint density at radius 1 is 1.10 bits per heavy atom. The van der Waals surface area contributed by atoms with Gasteiger partial charge in [0.1, 0.15) is 5.82 Å². The smallest absolute Gasteiger partial charge is 0.195 e. The molecule has 20 heavy (non-hydrogen) atoms. The summed E-state index contributed by atoms with van der Waals surface area (Å²) in [6.07, 6.45) is 1.61. The van der Waals surface area contributed by atoms with Crippen LogP contribution in [0.3, 0.4) is 0 Å². The van der Waals surface area contributed by atoms with Gasteiger partial charge in [0.2, 0.25) is 0 Å². The van der Waals surface area contributed by atoms with Crippen LogP contribution in [0.5, 0.6) is 0 Å². The number of hydrogen-bond donors (Lipinski definition) is 1. The Bertz CT molecular complexity index is 826. The van der Waals surface area contributed by atoms with Gasteiger partial charge in [0.15, 0.2) is 5.78 Å². The maximum Gasteiger partial charge on any atom is 0.195 e. The molecule has 100 valence electrons. The summed E-state index contributed by atoms with van der Waals surface area (Å²) in [5, 5.41) is 1.28. The number of benzene rings is 2. The number of aromatic nitrogens is 1. The summed E-state index contributed by atoms with van der Waals surface area (Å²) in [4.78, 5) is 15.4. The largest absolute Gasteiger partial charge is 0.360 e. The van der Waals surface area contributed by atoms with Crippen molar-refractivity contribution in [2.75, 3.05) is 0 Å². The molecule has 0 aliphatic carbocycles. The molecule has 2 nitrogen and oxygen atoms in total. The van der Waals surface area contributed by atoms with Gasteiger partial charge < -0.3 is 4.98 Å². The van der Waals surface area contributed by atoms with Gasteiger partial charge in [0.05, 0.1) is 5.02 Å². The maximum atomic E-state index is 13.1. The number of hydrogen-bond acceptors (Lipinski definition) is 1. The molecule has 2 aromatic carbocycles. The summed E-state index contributed by atoms with van der Waals surface area (Å²) < 4.78 is 13.1. The van der Waals surface area contributed by atoms with E-state index in [1.54, 1.807) is 24.4 Å². The van der Waals surface area contributed by atoms with Crippen molar-refractivity contribution in [3.05, 3.63) is 69.6 Å². The Balaban J connectivity index is 2.10. The molecule has 0 aliphatic heterocycles.